The number of hydrogen-bond acceptors (Lipinski definition) is 4. The summed E-state index contributed by atoms with van der Waals surface area (Å²) in [5.41, 5.74) is 5.79. The summed E-state index contributed by atoms with van der Waals surface area (Å²) >= 11 is 0. The van der Waals surface area contributed by atoms with Crippen LogP contribution >= 0.6 is 0 Å². The van der Waals surface area contributed by atoms with E-state index in [1.807, 2.05) is 77.7 Å². The van der Waals surface area contributed by atoms with Crippen LogP contribution in [0.4, 0.5) is 17.1 Å². The molecule has 0 bridgehead atoms. The van der Waals surface area contributed by atoms with Crippen LogP contribution in [0.15, 0.2) is 103 Å². The highest BCUT2D eigenvalue weighted by atomic mass is 16.2. The zero-order valence-electron chi connectivity index (χ0n) is 22.2. The van der Waals surface area contributed by atoms with Crippen LogP contribution in [0.1, 0.15) is 27.1 Å². The number of benzene rings is 4. The molecule has 2 aliphatic heterocycles. The molecule has 6 rings (SSSR count). The van der Waals surface area contributed by atoms with E-state index in [2.05, 4.69) is 35.3 Å². The molecular weight excluding hydrogens is 484 g/mol. The maximum absolute atomic E-state index is 13.7. The number of amides is 2. The molecule has 1 saturated heterocycles. The molecule has 4 aromatic carbocycles. The van der Waals surface area contributed by atoms with Gasteiger partial charge in [-0.15, -0.1) is 0 Å². The first-order valence-corrected chi connectivity index (χ1v) is 13.4. The van der Waals surface area contributed by atoms with E-state index in [-0.39, 0.29) is 11.8 Å². The van der Waals surface area contributed by atoms with Gasteiger partial charge in [0.15, 0.2) is 0 Å². The molecule has 2 atom stereocenters. The predicted octanol–water partition coefficient (Wildman–Crippen LogP) is 5.78. The number of rotatable bonds is 5. The molecule has 0 spiro atoms. The van der Waals surface area contributed by atoms with E-state index >= 15 is 0 Å². The van der Waals surface area contributed by atoms with Crippen LogP contribution in [-0.2, 0) is 0 Å². The van der Waals surface area contributed by atoms with Crippen LogP contribution in [-0.4, -0.2) is 56.0 Å². The number of likely N-dealkylation sites (N-methyl/N-ethyl adjacent to an activating group) is 1. The Kier molecular flexibility index (Phi) is 6.63. The Morgan fingerprint density at radius 1 is 0.769 bits per heavy atom. The van der Waals surface area contributed by atoms with Gasteiger partial charge in [-0.3, -0.25) is 9.59 Å². The molecule has 4 aromatic rings. The molecule has 2 aliphatic rings. The van der Waals surface area contributed by atoms with Crippen molar-refractivity contribution in [2.24, 2.45) is 0 Å². The molecule has 39 heavy (non-hydrogen) atoms. The maximum atomic E-state index is 13.7. The van der Waals surface area contributed by atoms with E-state index in [0.29, 0.717) is 35.4 Å². The van der Waals surface area contributed by atoms with Crippen molar-refractivity contribution in [3.05, 3.63) is 114 Å². The Bertz CT molecular complexity index is 1500. The summed E-state index contributed by atoms with van der Waals surface area (Å²) in [6, 6.07) is 33.6. The SMILES string of the molecule is CN(C)C1CC2CN(C(=O)c3ccc(NC(=O)c4ccccc4-c4ccccc4)cc3)c3ccccc3N2C1. The van der Waals surface area contributed by atoms with E-state index in [1.54, 1.807) is 24.3 Å². The fourth-order valence-corrected chi connectivity index (χ4v) is 5.77. The van der Waals surface area contributed by atoms with Gasteiger partial charge in [0.05, 0.1) is 11.4 Å². The predicted molar refractivity (Wildman–Crippen MR) is 158 cm³/mol. The van der Waals surface area contributed by atoms with Gasteiger partial charge in [0.25, 0.3) is 11.8 Å². The molecular formula is C33H32N4O2. The molecule has 2 heterocycles. The van der Waals surface area contributed by atoms with Crippen LogP contribution in [0.3, 0.4) is 0 Å². The minimum atomic E-state index is -0.185. The Hall–Kier alpha value is -4.42. The third-order valence-electron chi connectivity index (χ3n) is 7.89. The largest absolute Gasteiger partial charge is 0.363 e. The smallest absolute Gasteiger partial charge is 0.258 e. The van der Waals surface area contributed by atoms with Crippen molar-refractivity contribution in [3.8, 4) is 11.1 Å². The number of nitrogens with one attached hydrogen (secondary N) is 1. The third-order valence-corrected chi connectivity index (χ3v) is 7.89. The highest BCUT2D eigenvalue weighted by Gasteiger charge is 2.40. The van der Waals surface area contributed by atoms with E-state index < -0.39 is 0 Å². The summed E-state index contributed by atoms with van der Waals surface area (Å²) in [7, 11) is 4.25. The van der Waals surface area contributed by atoms with E-state index in [4.69, 9.17) is 0 Å². The fourth-order valence-electron chi connectivity index (χ4n) is 5.77. The second-order valence-corrected chi connectivity index (χ2v) is 10.5. The van der Waals surface area contributed by atoms with Crippen molar-refractivity contribution >= 4 is 28.9 Å². The summed E-state index contributed by atoms with van der Waals surface area (Å²) in [6.07, 6.45) is 1.03. The van der Waals surface area contributed by atoms with Gasteiger partial charge >= 0.3 is 0 Å². The van der Waals surface area contributed by atoms with Crippen LogP contribution in [0.5, 0.6) is 0 Å². The Labute approximate surface area is 229 Å². The Morgan fingerprint density at radius 3 is 2.18 bits per heavy atom. The maximum Gasteiger partial charge on any atom is 0.258 e. The van der Waals surface area contributed by atoms with Gasteiger partial charge in [-0.25, -0.2) is 0 Å². The van der Waals surface area contributed by atoms with Crippen molar-refractivity contribution in [2.75, 3.05) is 42.3 Å². The van der Waals surface area contributed by atoms with Gasteiger partial charge in [-0.2, -0.15) is 0 Å². The topological polar surface area (TPSA) is 55.9 Å². The molecule has 2 unspecified atom stereocenters. The molecule has 0 aliphatic carbocycles. The number of nitrogens with zero attached hydrogens (tertiary/aromatic N) is 3. The monoisotopic (exact) mass is 516 g/mol. The standard InChI is InChI=1S/C33H32N4O2/c1-35(2)26-20-27-22-37(31-15-9-8-14-30(31)36(27)21-26)33(39)24-16-18-25(19-17-24)34-32(38)29-13-7-6-12-28(29)23-10-4-3-5-11-23/h3-19,26-27H,20-22H2,1-2H3,(H,34,38). The van der Waals surface area contributed by atoms with Crippen molar-refractivity contribution in [2.45, 2.75) is 18.5 Å². The molecule has 196 valence electrons. The Balaban J connectivity index is 1.20. The lowest BCUT2D eigenvalue weighted by Crippen LogP contribution is -2.48. The number of carbonyl (C=O) groups is 2. The lowest BCUT2D eigenvalue weighted by Gasteiger charge is -2.40. The van der Waals surface area contributed by atoms with Gasteiger partial charge in [0.1, 0.15) is 0 Å². The second-order valence-electron chi connectivity index (χ2n) is 10.5. The number of hydrogen-bond donors (Lipinski definition) is 1. The lowest BCUT2D eigenvalue weighted by molar-refractivity contribution is 0.0983. The van der Waals surface area contributed by atoms with E-state index in [1.165, 1.54) is 0 Å². The molecule has 2 amide bonds. The summed E-state index contributed by atoms with van der Waals surface area (Å²) in [5.74, 6) is -0.210. The molecule has 6 nitrogen and oxygen atoms in total. The molecule has 0 radical (unpaired) electrons. The number of fused-ring (bicyclic) bond motifs is 3. The average molecular weight is 517 g/mol. The van der Waals surface area contributed by atoms with Crippen molar-refractivity contribution in [1.82, 2.24) is 4.90 Å². The summed E-state index contributed by atoms with van der Waals surface area (Å²) in [6.45, 7) is 1.63. The van der Waals surface area contributed by atoms with Crippen molar-refractivity contribution in [3.63, 3.8) is 0 Å². The van der Waals surface area contributed by atoms with Crippen LogP contribution in [0.25, 0.3) is 11.1 Å². The molecule has 0 aromatic heterocycles. The van der Waals surface area contributed by atoms with Gasteiger partial charge in [-0.05, 0) is 74.1 Å². The zero-order valence-corrected chi connectivity index (χ0v) is 22.2. The Morgan fingerprint density at radius 2 is 1.44 bits per heavy atom. The van der Waals surface area contributed by atoms with Crippen molar-refractivity contribution < 1.29 is 9.59 Å². The highest BCUT2D eigenvalue weighted by molar-refractivity contribution is 6.10. The van der Waals surface area contributed by atoms with Gasteiger partial charge in [0, 0.05) is 42.0 Å². The number of anilines is 3. The second kappa shape index (κ2) is 10.4. The molecule has 1 fully saturated rings. The molecule has 6 heteroatoms. The highest BCUT2D eigenvalue weighted by Crippen LogP contribution is 2.40. The van der Waals surface area contributed by atoms with E-state index in [9.17, 15) is 9.59 Å². The van der Waals surface area contributed by atoms with Crippen LogP contribution in [0, 0.1) is 0 Å². The summed E-state index contributed by atoms with van der Waals surface area (Å²) in [5, 5.41) is 3.00. The van der Waals surface area contributed by atoms with Crippen LogP contribution < -0.4 is 15.1 Å². The number of para-hydroxylation sites is 2. The molecule has 0 saturated carbocycles. The van der Waals surface area contributed by atoms with Crippen molar-refractivity contribution in [1.29, 1.82) is 0 Å². The van der Waals surface area contributed by atoms with Gasteiger partial charge < -0.3 is 20.0 Å². The first-order valence-electron chi connectivity index (χ1n) is 13.4. The quantitative estimate of drug-likeness (QED) is 0.366. The minimum absolute atomic E-state index is 0.0253. The molecule has 1 N–H and O–H groups in total. The van der Waals surface area contributed by atoms with Crippen LogP contribution in [0.2, 0.25) is 0 Å². The number of carbonyl (C=O) groups excluding carboxylic acids is 2. The first kappa shape index (κ1) is 24.9. The van der Waals surface area contributed by atoms with Gasteiger partial charge in [-0.1, -0.05) is 60.7 Å². The minimum Gasteiger partial charge on any atom is -0.363 e. The summed E-state index contributed by atoms with van der Waals surface area (Å²) in [4.78, 5) is 33.6. The zero-order chi connectivity index (χ0) is 26.9. The van der Waals surface area contributed by atoms with Gasteiger partial charge in [0.2, 0.25) is 0 Å². The van der Waals surface area contributed by atoms with E-state index in [0.717, 1.165) is 35.5 Å². The average Bonchev–Trinajstić information content (AvgIpc) is 3.42. The first-order chi connectivity index (χ1) is 19.0. The fraction of sp³-hybridized carbons (Fsp3) is 0.212. The normalized spacial score (nSPS) is 18.0. The lowest BCUT2D eigenvalue weighted by atomic mass is 9.99. The summed E-state index contributed by atoms with van der Waals surface area (Å²) < 4.78 is 0. The third kappa shape index (κ3) is 4.79.